The van der Waals surface area contributed by atoms with Crippen LogP contribution in [-0.2, 0) is 0 Å². The number of likely N-dealkylation sites (N-methyl/N-ethyl adjacent to an activating group) is 1. The Balaban J connectivity index is 1.94. The van der Waals surface area contributed by atoms with Crippen molar-refractivity contribution < 1.29 is 0 Å². The van der Waals surface area contributed by atoms with Gasteiger partial charge in [0.2, 0.25) is 0 Å². The topological polar surface area (TPSA) is 9.72 Å². The number of nitrogens with zero attached hydrogens (tertiary/aromatic N) is 3. The molecule has 12 heavy (non-hydrogen) atoms. The van der Waals surface area contributed by atoms with E-state index in [-0.39, 0.29) is 0 Å². The highest BCUT2D eigenvalue weighted by Gasteiger charge is 2.22. The van der Waals surface area contributed by atoms with Crippen LogP contribution < -0.4 is 0 Å². The van der Waals surface area contributed by atoms with Crippen LogP contribution in [0.2, 0.25) is 0 Å². The second kappa shape index (κ2) is 3.73. The van der Waals surface area contributed by atoms with Crippen molar-refractivity contribution in [2.45, 2.75) is 12.8 Å². The third-order valence-corrected chi connectivity index (χ3v) is 2.96. The molecule has 0 spiro atoms. The highest BCUT2D eigenvalue weighted by atomic mass is 15.6. The summed E-state index contributed by atoms with van der Waals surface area (Å²) in [7, 11) is 2.22. The molecule has 0 radical (unpaired) electrons. The Bertz CT molecular complexity index is 133. The largest absolute Gasteiger partial charge is 0.304 e. The Hall–Kier alpha value is -0.120. The lowest BCUT2D eigenvalue weighted by molar-refractivity contribution is -0.0374. The third-order valence-electron chi connectivity index (χ3n) is 2.96. The van der Waals surface area contributed by atoms with E-state index in [0.717, 1.165) is 0 Å². The molecule has 2 saturated heterocycles. The Morgan fingerprint density at radius 3 is 1.67 bits per heavy atom. The van der Waals surface area contributed by atoms with Gasteiger partial charge in [0.1, 0.15) is 0 Å². The van der Waals surface area contributed by atoms with Gasteiger partial charge in [-0.2, -0.15) is 0 Å². The van der Waals surface area contributed by atoms with E-state index >= 15 is 0 Å². The monoisotopic (exact) mass is 169 g/mol. The molecule has 2 fully saturated rings. The first-order valence-electron chi connectivity index (χ1n) is 5.04. The lowest BCUT2D eigenvalue weighted by atomic mass is 10.2. The van der Waals surface area contributed by atoms with Gasteiger partial charge in [-0.3, -0.25) is 0 Å². The maximum absolute atomic E-state index is 2.53. The zero-order valence-corrected chi connectivity index (χ0v) is 8.00. The number of hydrogen-bond acceptors (Lipinski definition) is 3. The van der Waals surface area contributed by atoms with Gasteiger partial charge in [-0.05, 0) is 19.9 Å². The summed E-state index contributed by atoms with van der Waals surface area (Å²) in [6.07, 6.45) is 2.78. The first-order valence-corrected chi connectivity index (χ1v) is 5.04. The third kappa shape index (κ3) is 1.79. The summed E-state index contributed by atoms with van der Waals surface area (Å²) in [5.74, 6) is 0. The Labute approximate surface area is 74.9 Å². The summed E-state index contributed by atoms with van der Waals surface area (Å²) in [4.78, 5) is 2.43. The highest BCUT2D eigenvalue weighted by molar-refractivity contribution is 4.71. The lowest BCUT2D eigenvalue weighted by Crippen LogP contribution is -2.47. The fourth-order valence-corrected chi connectivity index (χ4v) is 2.06. The standard InChI is InChI=1S/C9H19N3/c1-10-6-8-11-4-2-3-5-12(11)9-7-10/h2-9H2,1H3. The van der Waals surface area contributed by atoms with Gasteiger partial charge in [0.15, 0.2) is 0 Å². The van der Waals surface area contributed by atoms with Crippen LogP contribution in [-0.4, -0.2) is 61.2 Å². The molecule has 2 heterocycles. The molecule has 2 aliphatic heterocycles. The van der Waals surface area contributed by atoms with Crippen LogP contribution in [0.1, 0.15) is 12.8 Å². The van der Waals surface area contributed by atoms with E-state index in [2.05, 4.69) is 22.0 Å². The summed E-state index contributed by atoms with van der Waals surface area (Å²) < 4.78 is 0. The number of rotatable bonds is 0. The molecule has 2 rings (SSSR count). The molecule has 0 aromatic rings. The van der Waals surface area contributed by atoms with Crippen molar-refractivity contribution in [3.63, 3.8) is 0 Å². The molecule has 0 N–H and O–H groups in total. The molecule has 0 saturated carbocycles. The van der Waals surface area contributed by atoms with Gasteiger partial charge in [0.25, 0.3) is 0 Å². The van der Waals surface area contributed by atoms with Crippen LogP contribution in [0, 0.1) is 0 Å². The molecule has 0 atom stereocenters. The van der Waals surface area contributed by atoms with Gasteiger partial charge in [-0.25, -0.2) is 10.0 Å². The Morgan fingerprint density at radius 1 is 0.667 bits per heavy atom. The van der Waals surface area contributed by atoms with Crippen LogP contribution in [0.15, 0.2) is 0 Å². The smallest absolute Gasteiger partial charge is 0.0261 e. The minimum absolute atomic E-state index is 1.23. The first-order chi connectivity index (χ1) is 5.86. The Morgan fingerprint density at radius 2 is 1.17 bits per heavy atom. The van der Waals surface area contributed by atoms with Gasteiger partial charge < -0.3 is 4.90 Å². The molecule has 70 valence electrons. The molecular weight excluding hydrogens is 150 g/mol. The van der Waals surface area contributed by atoms with Crippen molar-refractivity contribution in [2.75, 3.05) is 46.3 Å². The summed E-state index contributed by atoms with van der Waals surface area (Å²) in [5.41, 5.74) is 0. The van der Waals surface area contributed by atoms with Gasteiger partial charge in [-0.15, -0.1) is 0 Å². The van der Waals surface area contributed by atoms with E-state index in [1.807, 2.05) is 0 Å². The van der Waals surface area contributed by atoms with E-state index in [0.29, 0.717) is 0 Å². The van der Waals surface area contributed by atoms with Crippen molar-refractivity contribution >= 4 is 0 Å². The number of hydrogen-bond donors (Lipinski definition) is 0. The van der Waals surface area contributed by atoms with Crippen molar-refractivity contribution in [3.05, 3.63) is 0 Å². The summed E-state index contributed by atoms with van der Waals surface area (Å²) in [6.45, 7) is 7.50. The predicted octanol–water partition coefficient (Wildman–Crippen LogP) is 0.245. The SMILES string of the molecule is CN1CCN2CCCCN2CC1. The van der Waals surface area contributed by atoms with Crippen LogP contribution in [0.3, 0.4) is 0 Å². The quantitative estimate of drug-likeness (QED) is 0.514. The molecule has 0 unspecified atom stereocenters. The molecule has 0 amide bonds. The molecule has 3 heteroatoms. The number of hydrazine groups is 1. The van der Waals surface area contributed by atoms with E-state index in [1.165, 1.54) is 52.1 Å². The molecule has 3 nitrogen and oxygen atoms in total. The lowest BCUT2D eigenvalue weighted by Gasteiger charge is -2.36. The number of fused-ring (bicyclic) bond motifs is 1. The van der Waals surface area contributed by atoms with Crippen LogP contribution >= 0.6 is 0 Å². The van der Waals surface area contributed by atoms with Crippen molar-refractivity contribution in [2.24, 2.45) is 0 Å². The average Bonchev–Trinajstić information content (AvgIpc) is 2.29. The van der Waals surface area contributed by atoms with Gasteiger partial charge in [0.05, 0.1) is 0 Å². The average molecular weight is 169 g/mol. The molecule has 0 aliphatic carbocycles. The maximum Gasteiger partial charge on any atom is 0.0261 e. The second-order valence-electron chi connectivity index (χ2n) is 3.92. The van der Waals surface area contributed by atoms with Gasteiger partial charge in [0, 0.05) is 39.3 Å². The van der Waals surface area contributed by atoms with E-state index < -0.39 is 0 Å². The van der Waals surface area contributed by atoms with Crippen LogP contribution in [0.25, 0.3) is 0 Å². The zero-order chi connectivity index (χ0) is 8.39. The minimum atomic E-state index is 1.23. The maximum atomic E-state index is 2.53. The normalized spacial score (nSPS) is 29.8. The predicted molar refractivity (Wildman–Crippen MR) is 49.9 cm³/mol. The minimum Gasteiger partial charge on any atom is -0.304 e. The van der Waals surface area contributed by atoms with Crippen molar-refractivity contribution in [3.8, 4) is 0 Å². The summed E-state index contributed by atoms with van der Waals surface area (Å²) >= 11 is 0. The molecular formula is C9H19N3. The van der Waals surface area contributed by atoms with Crippen molar-refractivity contribution in [1.29, 1.82) is 0 Å². The molecule has 0 aromatic carbocycles. The Kier molecular flexibility index (Phi) is 2.63. The van der Waals surface area contributed by atoms with Gasteiger partial charge >= 0.3 is 0 Å². The summed E-state index contributed by atoms with van der Waals surface area (Å²) in [6, 6.07) is 0. The summed E-state index contributed by atoms with van der Waals surface area (Å²) in [5, 5.41) is 5.07. The fraction of sp³-hybridized carbons (Fsp3) is 1.00. The van der Waals surface area contributed by atoms with E-state index in [4.69, 9.17) is 0 Å². The molecule has 0 bridgehead atoms. The molecule has 0 aromatic heterocycles. The van der Waals surface area contributed by atoms with Crippen LogP contribution in [0.5, 0.6) is 0 Å². The van der Waals surface area contributed by atoms with E-state index in [1.54, 1.807) is 0 Å². The second-order valence-corrected chi connectivity index (χ2v) is 3.92. The van der Waals surface area contributed by atoms with E-state index in [9.17, 15) is 0 Å². The van der Waals surface area contributed by atoms with Crippen molar-refractivity contribution in [1.82, 2.24) is 14.9 Å². The zero-order valence-electron chi connectivity index (χ0n) is 8.00. The first kappa shape index (κ1) is 8.48. The highest BCUT2D eigenvalue weighted by Crippen LogP contribution is 2.12. The van der Waals surface area contributed by atoms with Crippen LogP contribution in [0.4, 0.5) is 0 Å². The molecule has 2 aliphatic rings. The van der Waals surface area contributed by atoms with Gasteiger partial charge in [-0.1, -0.05) is 0 Å². The fourth-order valence-electron chi connectivity index (χ4n) is 2.06.